The molecule has 7 rings (SSSR count). The zero-order valence-electron chi connectivity index (χ0n) is 29.9. The van der Waals surface area contributed by atoms with Gasteiger partial charge in [0.15, 0.2) is 0 Å². The highest BCUT2D eigenvalue weighted by Crippen LogP contribution is 2.74. The molecule has 1 aromatic carbocycles. The molecular weight excluding hydrogens is 582 g/mol. The largest absolute Gasteiger partial charge is 0.465 e. The van der Waals surface area contributed by atoms with Crippen LogP contribution in [0, 0.1) is 57.2 Å². The van der Waals surface area contributed by atoms with E-state index in [0.29, 0.717) is 72.9 Å². The van der Waals surface area contributed by atoms with Crippen molar-refractivity contribution in [3.63, 3.8) is 0 Å². The standard InChI is InChI=1S/C42H59NO4/c1-26(2)30-14-22-42(38(46)43-24-18-29(44)19-25-43)23-16-33-31(36(30)42)12-13-35-40(33,5)21-17-34-39(3,4)32(15-20-41(34,35)6)27-8-10-28(11-9-27)37(45)47-7/h8-11,15,29-31,33-36,44H,1,12-14,16-25H2,2-7H3. The number of benzene rings is 1. The van der Waals surface area contributed by atoms with Crippen molar-refractivity contribution < 1.29 is 19.4 Å². The molecule has 1 saturated heterocycles. The van der Waals surface area contributed by atoms with Gasteiger partial charge in [-0.05, 0) is 153 Å². The van der Waals surface area contributed by atoms with Crippen molar-refractivity contribution in [3.05, 3.63) is 53.6 Å². The van der Waals surface area contributed by atoms with Crippen molar-refractivity contribution in [2.24, 2.45) is 57.2 Å². The van der Waals surface area contributed by atoms with Crippen LogP contribution in [0.5, 0.6) is 0 Å². The van der Waals surface area contributed by atoms with Gasteiger partial charge < -0.3 is 14.7 Å². The van der Waals surface area contributed by atoms with Crippen LogP contribution in [-0.2, 0) is 9.53 Å². The van der Waals surface area contributed by atoms with Crippen LogP contribution in [0.4, 0.5) is 0 Å². The number of ether oxygens (including phenoxy) is 1. The molecule has 5 aliphatic carbocycles. The van der Waals surface area contributed by atoms with Gasteiger partial charge in [-0.25, -0.2) is 4.79 Å². The summed E-state index contributed by atoms with van der Waals surface area (Å²) in [5.74, 6) is 3.49. The van der Waals surface area contributed by atoms with E-state index in [2.05, 4.69) is 64.3 Å². The third-order valence-electron chi connectivity index (χ3n) is 15.6. The molecule has 1 heterocycles. The van der Waals surface area contributed by atoms with Crippen LogP contribution in [0.25, 0.3) is 5.57 Å². The normalized spacial score (nSPS) is 41.1. The number of fused-ring (bicyclic) bond motifs is 7. The lowest BCUT2D eigenvalue weighted by molar-refractivity contribution is -0.188. The van der Waals surface area contributed by atoms with Crippen molar-refractivity contribution >= 4 is 17.4 Å². The van der Waals surface area contributed by atoms with Gasteiger partial charge in [0.25, 0.3) is 0 Å². The Balaban J connectivity index is 1.18. The highest BCUT2D eigenvalue weighted by atomic mass is 16.5. The summed E-state index contributed by atoms with van der Waals surface area (Å²) in [4.78, 5) is 28.8. The van der Waals surface area contributed by atoms with Crippen LogP contribution in [0.2, 0.25) is 0 Å². The van der Waals surface area contributed by atoms with Gasteiger partial charge in [-0.2, -0.15) is 0 Å². The van der Waals surface area contributed by atoms with Gasteiger partial charge in [0.05, 0.1) is 24.2 Å². The zero-order chi connectivity index (χ0) is 33.5. The van der Waals surface area contributed by atoms with Gasteiger partial charge in [-0.1, -0.05) is 58.1 Å². The second-order valence-electron chi connectivity index (χ2n) is 17.9. The number of aliphatic hydroxyl groups is 1. The molecule has 5 fully saturated rings. The summed E-state index contributed by atoms with van der Waals surface area (Å²) in [7, 11) is 1.44. The Morgan fingerprint density at radius 1 is 0.872 bits per heavy atom. The monoisotopic (exact) mass is 641 g/mol. The first-order valence-electron chi connectivity index (χ1n) is 18.8. The number of esters is 1. The maximum absolute atomic E-state index is 14.6. The molecule has 9 unspecified atom stereocenters. The number of hydrogen-bond acceptors (Lipinski definition) is 4. The van der Waals surface area contributed by atoms with Gasteiger partial charge in [0, 0.05) is 13.1 Å². The number of amides is 1. The van der Waals surface area contributed by atoms with Crippen LogP contribution >= 0.6 is 0 Å². The van der Waals surface area contributed by atoms with Gasteiger partial charge in [-0.3, -0.25) is 4.79 Å². The van der Waals surface area contributed by atoms with Crippen LogP contribution < -0.4 is 0 Å². The number of likely N-dealkylation sites (tertiary alicyclic amines) is 1. The lowest BCUT2D eigenvalue weighted by atomic mass is 9.36. The summed E-state index contributed by atoms with van der Waals surface area (Å²) in [5.41, 5.74) is 4.85. The van der Waals surface area contributed by atoms with E-state index < -0.39 is 0 Å². The fourth-order valence-electron chi connectivity index (χ4n) is 13.6. The predicted octanol–water partition coefficient (Wildman–Crippen LogP) is 8.72. The molecule has 0 aromatic heterocycles. The fraction of sp³-hybridized carbons (Fsp3) is 0.714. The number of aliphatic hydroxyl groups excluding tert-OH is 1. The minimum atomic E-state index is -0.286. The lowest BCUT2D eigenvalue weighted by Crippen LogP contribution is -2.62. The average Bonchev–Trinajstić information content (AvgIpc) is 3.46. The summed E-state index contributed by atoms with van der Waals surface area (Å²) in [6.45, 7) is 18.4. The van der Waals surface area contributed by atoms with Crippen LogP contribution in [0.1, 0.15) is 121 Å². The average molecular weight is 642 g/mol. The molecule has 6 aliphatic rings. The molecule has 9 atom stereocenters. The Kier molecular flexibility index (Phi) is 8.17. The van der Waals surface area contributed by atoms with Gasteiger partial charge in [0.1, 0.15) is 0 Å². The van der Waals surface area contributed by atoms with Crippen LogP contribution in [-0.4, -0.2) is 48.2 Å². The molecule has 4 saturated carbocycles. The molecule has 0 bridgehead atoms. The second-order valence-corrected chi connectivity index (χ2v) is 17.9. The minimum absolute atomic E-state index is 0.0324. The first-order valence-corrected chi connectivity index (χ1v) is 18.8. The van der Waals surface area contributed by atoms with Crippen LogP contribution in [0.3, 0.4) is 0 Å². The number of carbonyl (C=O) groups excluding carboxylic acids is 2. The quantitative estimate of drug-likeness (QED) is 0.264. The Hall–Kier alpha value is -2.40. The molecule has 0 radical (unpaired) electrons. The van der Waals surface area contributed by atoms with E-state index >= 15 is 0 Å². The van der Waals surface area contributed by atoms with Gasteiger partial charge in [-0.15, -0.1) is 0 Å². The first kappa shape index (κ1) is 33.1. The van der Waals surface area contributed by atoms with Crippen molar-refractivity contribution in [2.45, 2.75) is 111 Å². The van der Waals surface area contributed by atoms with Gasteiger partial charge >= 0.3 is 5.97 Å². The van der Waals surface area contributed by atoms with E-state index in [1.807, 2.05) is 12.1 Å². The number of allylic oxidation sites excluding steroid dienone is 3. The maximum Gasteiger partial charge on any atom is 0.337 e. The molecule has 1 aliphatic heterocycles. The predicted molar refractivity (Wildman–Crippen MR) is 187 cm³/mol. The van der Waals surface area contributed by atoms with Crippen molar-refractivity contribution in [2.75, 3.05) is 20.2 Å². The van der Waals surface area contributed by atoms with Crippen molar-refractivity contribution in [1.82, 2.24) is 4.90 Å². The molecular formula is C42H59NO4. The topological polar surface area (TPSA) is 66.8 Å². The smallest absolute Gasteiger partial charge is 0.337 e. The van der Waals surface area contributed by atoms with Gasteiger partial charge in [0.2, 0.25) is 5.91 Å². The third kappa shape index (κ3) is 4.86. The number of carbonyl (C=O) groups is 2. The van der Waals surface area contributed by atoms with E-state index in [9.17, 15) is 14.7 Å². The maximum atomic E-state index is 14.6. The van der Waals surface area contributed by atoms with Crippen molar-refractivity contribution in [1.29, 1.82) is 0 Å². The second kappa shape index (κ2) is 11.6. The van der Waals surface area contributed by atoms with Crippen molar-refractivity contribution in [3.8, 4) is 0 Å². The molecule has 47 heavy (non-hydrogen) atoms. The number of hydrogen-bond donors (Lipinski definition) is 1. The summed E-state index contributed by atoms with van der Waals surface area (Å²) in [6.07, 6.45) is 14.2. The van der Waals surface area contributed by atoms with Crippen LogP contribution in [0.15, 0.2) is 42.5 Å². The van der Waals surface area contributed by atoms with E-state index in [4.69, 9.17) is 4.74 Å². The summed E-state index contributed by atoms with van der Waals surface area (Å²) < 4.78 is 4.95. The molecule has 5 nitrogen and oxygen atoms in total. The lowest BCUT2D eigenvalue weighted by Gasteiger charge is -2.68. The third-order valence-corrected chi connectivity index (χ3v) is 15.6. The minimum Gasteiger partial charge on any atom is -0.465 e. The van der Waals surface area contributed by atoms with E-state index in [1.54, 1.807) is 0 Å². The number of methoxy groups -OCH3 is 1. The van der Waals surface area contributed by atoms with E-state index in [0.717, 1.165) is 25.7 Å². The summed E-state index contributed by atoms with van der Waals surface area (Å²) in [5, 5.41) is 10.2. The molecule has 1 amide bonds. The zero-order valence-corrected chi connectivity index (χ0v) is 29.9. The molecule has 5 heteroatoms. The number of rotatable bonds is 4. The molecule has 0 spiro atoms. The summed E-state index contributed by atoms with van der Waals surface area (Å²) in [6, 6.07) is 8.05. The molecule has 1 aromatic rings. The Morgan fingerprint density at radius 2 is 1.55 bits per heavy atom. The fourth-order valence-corrected chi connectivity index (χ4v) is 13.6. The first-order chi connectivity index (χ1) is 22.3. The highest BCUT2D eigenvalue weighted by Gasteiger charge is 2.68. The Morgan fingerprint density at radius 3 is 2.21 bits per heavy atom. The highest BCUT2D eigenvalue weighted by molar-refractivity contribution is 5.90. The van der Waals surface area contributed by atoms with E-state index in [1.165, 1.54) is 55.9 Å². The molecule has 1 N–H and O–H groups in total. The number of nitrogens with zero attached hydrogens (tertiary/aromatic N) is 1. The Bertz CT molecular complexity index is 1450. The van der Waals surface area contributed by atoms with E-state index in [-0.39, 0.29) is 33.7 Å². The molecule has 256 valence electrons. The SMILES string of the molecule is C=C(C)C1CCC2(C(=O)N3CCC(O)CC3)CCC3C(CCC4C3(C)CCC3C(C)(C)C(c5ccc(C(=O)OC)cc5)=CCC34C)C12. The Labute approximate surface area is 283 Å². The summed E-state index contributed by atoms with van der Waals surface area (Å²) >= 11 is 0. The number of piperidine rings is 1.